The lowest BCUT2D eigenvalue weighted by molar-refractivity contribution is -0.135. The zero-order valence-electron chi connectivity index (χ0n) is 10.5. The third kappa shape index (κ3) is 2.26. The molecule has 1 aliphatic heterocycles. The van der Waals surface area contributed by atoms with Gasteiger partial charge >= 0.3 is 5.97 Å². The van der Waals surface area contributed by atoms with Crippen LogP contribution in [0.3, 0.4) is 0 Å². The first kappa shape index (κ1) is 13.0. The van der Waals surface area contributed by atoms with Crippen molar-refractivity contribution >= 4 is 23.5 Å². The summed E-state index contributed by atoms with van der Waals surface area (Å²) in [6.07, 6.45) is 1.34. The number of carbonyl (C=O) groups is 3. The average molecular weight is 263 g/mol. The van der Waals surface area contributed by atoms with E-state index in [9.17, 15) is 14.4 Å². The van der Waals surface area contributed by atoms with Crippen LogP contribution < -0.4 is 10.2 Å². The van der Waals surface area contributed by atoms with E-state index >= 15 is 0 Å². The minimum absolute atomic E-state index is 0.0207. The van der Waals surface area contributed by atoms with Crippen LogP contribution in [0.4, 0.5) is 5.69 Å². The second-order valence-corrected chi connectivity index (χ2v) is 4.73. The monoisotopic (exact) mass is 263 g/mol. The lowest BCUT2D eigenvalue weighted by atomic mass is 9.98. The summed E-state index contributed by atoms with van der Waals surface area (Å²) in [5.41, 5.74) is -0.465. The number of rotatable bonds is 2. The lowest BCUT2D eigenvalue weighted by Gasteiger charge is -2.41. The van der Waals surface area contributed by atoms with Gasteiger partial charge in [0, 0.05) is 0 Å². The summed E-state index contributed by atoms with van der Waals surface area (Å²) in [5, 5.41) is 11.0. The number of imide groups is 1. The zero-order chi connectivity index (χ0) is 14.2. The molecule has 0 aromatic carbocycles. The highest BCUT2D eigenvalue weighted by Crippen LogP contribution is 2.25. The number of aromatic carboxylic acids is 1. The van der Waals surface area contributed by atoms with E-state index in [4.69, 9.17) is 5.11 Å². The van der Waals surface area contributed by atoms with Gasteiger partial charge in [-0.2, -0.15) is 0 Å². The van der Waals surface area contributed by atoms with Crippen LogP contribution in [0.15, 0.2) is 18.3 Å². The van der Waals surface area contributed by atoms with Crippen LogP contribution in [0.2, 0.25) is 0 Å². The molecule has 2 amide bonds. The molecular formula is C12H13N3O4. The Morgan fingerprint density at radius 3 is 2.63 bits per heavy atom. The Kier molecular flexibility index (Phi) is 2.97. The second-order valence-electron chi connectivity index (χ2n) is 4.73. The van der Waals surface area contributed by atoms with Crippen molar-refractivity contribution < 1.29 is 19.5 Å². The van der Waals surface area contributed by atoms with Gasteiger partial charge in [-0.25, -0.2) is 9.78 Å². The SMILES string of the molecule is CC1(C)C(=O)NC(=O)CN1c1ccc(C(=O)O)nc1. The van der Waals surface area contributed by atoms with E-state index < -0.39 is 23.3 Å². The van der Waals surface area contributed by atoms with Crippen LogP contribution in [0.25, 0.3) is 0 Å². The van der Waals surface area contributed by atoms with E-state index in [0.29, 0.717) is 5.69 Å². The van der Waals surface area contributed by atoms with Gasteiger partial charge in [0.05, 0.1) is 18.4 Å². The number of hydrogen-bond donors (Lipinski definition) is 2. The average Bonchev–Trinajstić information content (AvgIpc) is 2.34. The van der Waals surface area contributed by atoms with E-state index in [1.54, 1.807) is 18.7 Å². The molecule has 1 aromatic heterocycles. The number of nitrogens with one attached hydrogen (secondary N) is 1. The maximum Gasteiger partial charge on any atom is 0.354 e. The molecule has 0 unspecified atom stereocenters. The Balaban J connectivity index is 2.36. The Bertz CT molecular complexity index is 551. The normalized spacial score (nSPS) is 18.1. The Labute approximate surface area is 109 Å². The van der Waals surface area contributed by atoms with Gasteiger partial charge < -0.3 is 10.0 Å². The van der Waals surface area contributed by atoms with Crippen LogP contribution in [0.1, 0.15) is 24.3 Å². The van der Waals surface area contributed by atoms with E-state index in [-0.39, 0.29) is 12.2 Å². The van der Waals surface area contributed by atoms with Crippen molar-refractivity contribution in [3.05, 3.63) is 24.0 Å². The quantitative estimate of drug-likeness (QED) is 0.730. The number of amides is 2. The molecule has 1 aromatic rings. The summed E-state index contributed by atoms with van der Waals surface area (Å²) in [6, 6.07) is 2.87. The third-order valence-electron chi connectivity index (χ3n) is 3.06. The van der Waals surface area contributed by atoms with Gasteiger partial charge in [-0.3, -0.25) is 14.9 Å². The number of pyridine rings is 1. The summed E-state index contributed by atoms with van der Waals surface area (Å²) >= 11 is 0. The first-order valence-electron chi connectivity index (χ1n) is 5.63. The minimum Gasteiger partial charge on any atom is -0.477 e. The number of carbonyl (C=O) groups excluding carboxylic acids is 2. The van der Waals surface area contributed by atoms with Crippen LogP contribution in [0.5, 0.6) is 0 Å². The molecule has 2 heterocycles. The summed E-state index contributed by atoms with van der Waals surface area (Å²) in [6.45, 7) is 3.38. The summed E-state index contributed by atoms with van der Waals surface area (Å²) in [4.78, 5) is 39.3. The van der Waals surface area contributed by atoms with Gasteiger partial charge in [0.2, 0.25) is 5.91 Å². The molecule has 1 aliphatic rings. The van der Waals surface area contributed by atoms with E-state index in [1.165, 1.54) is 18.3 Å². The number of aromatic nitrogens is 1. The highest BCUT2D eigenvalue weighted by atomic mass is 16.4. The summed E-state index contributed by atoms with van der Waals surface area (Å²) in [7, 11) is 0. The van der Waals surface area contributed by atoms with Crippen molar-refractivity contribution in [2.24, 2.45) is 0 Å². The topological polar surface area (TPSA) is 99.6 Å². The van der Waals surface area contributed by atoms with Gasteiger partial charge in [0.1, 0.15) is 11.2 Å². The molecule has 7 heteroatoms. The first-order valence-corrected chi connectivity index (χ1v) is 5.63. The molecule has 0 bridgehead atoms. The van der Waals surface area contributed by atoms with Gasteiger partial charge in [-0.05, 0) is 26.0 Å². The van der Waals surface area contributed by atoms with Crippen molar-refractivity contribution in [3.8, 4) is 0 Å². The first-order chi connectivity index (χ1) is 8.82. The second kappa shape index (κ2) is 4.34. The van der Waals surface area contributed by atoms with Gasteiger partial charge in [0.25, 0.3) is 5.91 Å². The van der Waals surface area contributed by atoms with Crippen LogP contribution >= 0.6 is 0 Å². The van der Waals surface area contributed by atoms with Gasteiger partial charge in [0.15, 0.2) is 0 Å². The fourth-order valence-electron chi connectivity index (χ4n) is 1.87. The Hall–Kier alpha value is -2.44. The fourth-order valence-corrected chi connectivity index (χ4v) is 1.87. The molecule has 0 radical (unpaired) electrons. The van der Waals surface area contributed by atoms with Crippen molar-refractivity contribution in [2.45, 2.75) is 19.4 Å². The van der Waals surface area contributed by atoms with Gasteiger partial charge in [-0.1, -0.05) is 0 Å². The molecule has 1 fully saturated rings. The zero-order valence-corrected chi connectivity index (χ0v) is 10.5. The molecule has 0 atom stereocenters. The number of hydrogen-bond acceptors (Lipinski definition) is 5. The van der Waals surface area contributed by atoms with Crippen molar-refractivity contribution in [3.63, 3.8) is 0 Å². The molecule has 0 aliphatic carbocycles. The maximum absolute atomic E-state index is 11.8. The predicted molar refractivity (Wildman–Crippen MR) is 65.8 cm³/mol. The number of carboxylic acids is 1. The van der Waals surface area contributed by atoms with E-state index in [0.717, 1.165) is 0 Å². The molecule has 19 heavy (non-hydrogen) atoms. The molecule has 1 saturated heterocycles. The van der Waals surface area contributed by atoms with Crippen LogP contribution in [-0.2, 0) is 9.59 Å². The Morgan fingerprint density at radius 2 is 2.11 bits per heavy atom. The largest absolute Gasteiger partial charge is 0.477 e. The fraction of sp³-hybridized carbons (Fsp3) is 0.333. The number of anilines is 1. The number of piperazine rings is 1. The smallest absolute Gasteiger partial charge is 0.354 e. The highest BCUT2D eigenvalue weighted by molar-refractivity contribution is 6.06. The van der Waals surface area contributed by atoms with Crippen LogP contribution in [-0.4, -0.2) is 40.0 Å². The van der Waals surface area contributed by atoms with E-state index in [1.807, 2.05) is 0 Å². The molecule has 100 valence electrons. The van der Waals surface area contributed by atoms with Crippen molar-refractivity contribution in [2.75, 3.05) is 11.4 Å². The molecule has 2 N–H and O–H groups in total. The molecular weight excluding hydrogens is 250 g/mol. The minimum atomic E-state index is -1.13. The number of carboxylic acid groups (broad SMARTS) is 1. The number of nitrogens with zero attached hydrogens (tertiary/aromatic N) is 2. The van der Waals surface area contributed by atoms with Crippen molar-refractivity contribution in [1.82, 2.24) is 10.3 Å². The lowest BCUT2D eigenvalue weighted by Crippen LogP contribution is -2.64. The molecule has 7 nitrogen and oxygen atoms in total. The van der Waals surface area contributed by atoms with Crippen LogP contribution in [0, 0.1) is 0 Å². The standard InChI is InChI=1S/C12H13N3O4/c1-12(2)11(19)14-9(16)6-15(12)7-3-4-8(10(17)18)13-5-7/h3-5H,6H2,1-2H3,(H,17,18)(H,14,16,19). The summed E-state index contributed by atoms with van der Waals surface area (Å²) < 4.78 is 0. The third-order valence-corrected chi connectivity index (χ3v) is 3.06. The van der Waals surface area contributed by atoms with E-state index in [2.05, 4.69) is 10.3 Å². The molecule has 0 saturated carbocycles. The van der Waals surface area contributed by atoms with Gasteiger partial charge in [-0.15, -0.1) is 0 Å². The van der Waals surface area contributed by atoms with Crippen molar-refractivity contribution in [1.29, 1.82) is 0 Å². The summed E-state index contributed by atoms with van der Waals surface area (Å²) in [5.74, 6) is -1.92. The molecule has 2 rings (SSSR count). The Morgan fingerprint density at radius 1 is 1.42 bits per heavy atom. The molecule has 0 spiro atoms. The highest BCUT2D eigenvalue weighted by Gasteiger charge is 2.41. The maximum atomic E-state index is 11.8. The predicted octanol–water partition coefficient (Wildman–Crippen LogP) is 0.0212.